The molecule has 0 N–H and O–H groups in total. The Bertz CT molecular complexity index is 1160. The van der Waals surface area contributed by atoms with Crippen molar-refractivity contribution < 1.29 is 14.3 Å². The number of ether oxygens (including phenoxy) is 1. The maximum absolute atomic E-state index is 12.7. The van der Waals surface area contributed by atoms with Crippen molar-refractivity contribution in [3.8, 4) is 11.1 Å². The fourth-order valence-electron chi connectivity index (χ4n) is 3.67. The standard InChI is InChI=1S/C25H21NO3/c1-2-29-25(28)24-21-10-6-7-15-26(21)22(17-27)23(24)20-13-11-19(12-14-20)16-18-8-4-3-5-9-18/h3-15,17H,2,16H2,1H3. The molecule has 0 aliphatic carbocycles. The second-order valence-electron chi connectivity index (χ2n) is 6.79. The lowest BCUT2D eigenvalue weighted by molar-refractivity contribution is 0.0529. The molecule has 0 saturated carbocycles. The molecule has 29 heavy (non-hydrogen) atoms. The van der Waals surface area contributed by atoms with Gasteiger partial charge in [0.25, 0.3) is 0 Å². The van der Waals surface area contributed by atoms with Crippen LogP contribution in [0.5, 0.6) is 0 Å². The lowest BCUT2D eigenvalue weighted by atomic mass is 9.97. The fourth-order valence-corrected chi connectivity index (χ4v) is 3.67. The number of benzene rings is 2. The van der Waals surface area contributed by atoms with E-state index in [4.69, 9.17) is 4.74 Å². The van der Waals surface area contributed by atoms with E-state index in [1.54, 1.807) is 17.5 Å². The zero-order valence-corrected chi connectivity index (χ0v) is 16.2. The Kier molecular flexibility index (Phi) is 5.25. The molecule has 0 aliphatic rings. The van der Waals surface area contributed by atoms with Crippen molar-refractivity contribution in [3.63, 3.8) is 0 Å². The highest BCUT2D eigenvalue weighted by molar-refractivity contribution is 6.09. The summed E-state index contributed by atoms with van der Waals surface area (Å²) < 4.78 is 7.03. The number of rotatable bonds is 6. The van der Waals surface area contributed by atoms with Gasteiger partial charge in [-0.1, -0.05) is 60.7 Å². The van der Waals surface area contributed by atoms with E-state index in [1.165, 1.54) is 5.56 Å². The summed E-state index contributed by atoms with van der Waals surface area (Å²) in [4.78, 5) is 24.7. The first-order chi connectivity index (χ1) is 14.2. The first kappa shape index (κ1) is 18.7. The molecule has 4 nitrogen and oxygen atoms in total. The van der Waals surface area contributed by atoms with Crippen LogP contribution in [0.2, 0.25) is 0 Å². The lowest BCUT2D eigenvalue weighted by Gasteiger charge is -2.07. The second kappa shape index (κ2) is 8.15. The number of carbonyl (C=O) groups excluding carboxylic acids is 2. The Hall–Kier alpha value is -3.66. The van der Waals surface area contributed by atoms with E-state index >= 15 is 0 Å². The summed E-state index contributed by atoms with van der Waals surface area (Å²) in [5.41, 5.74) is 5.34. The van der Waals surface area contributed by atoms with Gasteiger partial charge in [0.2, 0.25) is 0 Å². The largest absolute Gasteiger partial charge is 0.462 e. The van der Waals surface area contributed by atoms with Gasteiger partial charge in [0.1, 0.15) is 0 Å². The van der Waals surface area contributed by atoms with Crippen molar-refractivity contribution in [1.82, 2.24) is 4.40 Å². The molecular formula is C25H21NO3. The van der Waals surface area contributed by atoms with Crippen LogP contribution >= 0.6 is 0 Å². The summed E-state index contributed by atoms with van der Waals surface area (Å²) >= 11 is 0. The van der Waals surface area contributed by atoms with Crippen LogP contribution in [0.1, 0.15) is 38.9 Å². The first-order valence-electron chi connectivity index (χ1n) is 9.61. The van der Waals surface area contributed by atoms with E-state index < -0.39 is 5.97 Å². The van der Waals surface area contributed by atoms with Crippen LogP contribution in [0.15, 0.2) is 79.0 Å². The summed E-state index contributed by atoms with van der Waals surface area (Å²) in [7, 11) is 0. The average molecular weight is 383 g/mol. The van der Waals surface area contributed by atoms with Crippen molar-refractivity contribution in [2.75, 3.05) is 6.61 Å². The van der Waals surface area contributed by atoms with Crippen molar-refractivity contribution in [1.29, 1.82) is 0 Å². The molecule has 4 rings (SSSR count). The smallest absolute Gasteiger partial charge is 0.340 e. The van der Waals surface area contributed by atoms with Gasteiger partial charge in [-0.25, -0.2) is 4.79 Å². The Morgan fingerprint density at radius 2 is 1.62 bits per heavy atom. The molecule has 0 fully saturated rings. The topological polar surface area (TPSA) is 47.8 Å². The number of hydrogen-bond acceptors (Lipinski definition) is 3. The van der Waals surface area contributed by atoms with E-state index in [9.17, 15) is 9.59 Å². The monoisotopic (exact) mass is 383 g/mol. The molecule has 0 atom stereocenters. The normalized spacial score (nSPS) is 10.8. The zero-order valence-electron chi connectivity index (χ0n) is 16.2. The van der Waals surface area contributed by atoms with Crippen LogP contribution in [-0.4, -0.2) is 23.3 Å². The van der Waals surface area contributed by atoms with Crippen LogP contribution in [-0.2, 0) is 11.2 Å². The molecule has 2 aromatic carbocycles. The third-order valence-corrected chi connectivity index (χ3v) is 4.97. The summed E-state index contributed by atoms with van der Waals surface area (Å²) in [5, 5.41) is 0. The zero-order chi connectivity index (χ0) is 20.2. The van der Waals surface area contributed by atoms with Gasteiger partial charge < -0.3 is 9.14 Å². The number of aldehydes is 1. The molecule has 0 saturated heterocycles. The minimum Gasteiger partial charge on any atom is -0.462 e. The van der Waals surface area contributed by atoms with Crippen LogP contribution in [0.3, 0.4) is 0 Å². The molecular weight excluding hydrogens is 362 g/mol. The number of carbonyl (C=O) groups is 2. The molecule has 2 heterocycles. The lowest BCUT2D eigenvalue weighted by Crippen LogP contribution is -2.05. The van der Waals surface area contributed by atoms with Gasteiger partial charge in [-0.2, -0.15) is 0 Å². The molecule has 0 spiro atoms. The van der Waals surface area contributed by atoms with E-state index in [0.29, 0.717) is 22.3 Å². The van der Waals surface area contributed by atoms with E-state index in [-0.39, 0.29) is 6.61 Å². The van der Waals surface area contributed by atoms with Crippen molar-refractivity contribution in [3.05, 3.63) is 101 Å². The third kappa shape index (κ3) is 3.57. The van der Waals surface area contributed by atoms with Gasteiger partial charge >= 0.3 is 5.97 Å². The van der Waals surface area contributed by atoms with Crippen LogP contribution in [0.25, 0.3) is 16.6 Å². The molecule has 0 bridgehead atoms. The number of esters is 1. The Morgan fingerprint density at radius 3 is 2.31 bits per heavy atom. The summed E-state index contributed by atoms with van der Waals surface area (Å²) in [6.07, 6.45) is 3.40. The van der Waals surface area contributed by atoms with Gasteiger partial charge in [-0.3, -0.25) is 4.79 Å². The van der Waals surface area contributed by atoms with Gasteiger partial charge in [0.05, 0.1) is 23.4 Å². The van der Waals surface area contributed by atoms with Gasteiger partial charge in [0, 0.05) is 11.8 Å². The Labute approximate surface area is 169 Å². The number of nitrogens with zero attached hydrogens (tertiary/aromatic N) is 1. The molecule has 0 radical (unpaired) electrons. The molecule has 4 heteroatoms. The molecule has 144 valence electrons. The number of aromatic nitrogens is 1. The second-order valence-corrected chi connectivity index (χ2v) is 6.79. The molecule has 0 aliphatic heterocycles. The van der Waals surface area contributed by atoms with E-state index in [2.05, 4.69) is 12.1 Å². The maximum Gasteiger partial charge on any atom is 0.340 e. The summed E-state index contributed by atoms with van der Waals surface area (Å²) in [6, 6.07) is 23.7. The quantitative estimate of drug-likeness (QED) is 0.340. The van der Waals surface area contributed by atoms with E-state index in [0.717, 1.165) is 23.8 Å². The molecule has 0 amide bonds. The number of fused-ring (bicyclic) bond motifs is 1. The molecule has 0 unspecified atom stereocenters. The van der Waals surface area contributed by atoms with Crippen molar-refractivity contribution >= 4 is 17.8 Å². The van der Waals surface area contributed by atoms with Gasteiger partial charge in [-0.05, 0) is 42.2 Å². The van der Waals surface area contributed by atoms with Crippen LogP contribution in [0, 0.1) is 0 Å². The number of pyridine rings is 1. The summed E-state index contributed by atoms with van der Waals surface area (Å²) in [6.45, 7) is 2.05. The van der Waals surface area contributed by atoms with Crippen molar-refractivity contribution in [2.24, 2.45) is 0 Å². The van der Waals surface area contributed by atoms with E-state index in [1.807, 2.05) is 60.7 Å². The average Bonchev–Trinajstić information content (AvgIpc) is 3.09. The molecule has 2 aromatic heterocycles. The predicted octanol–water partition coefficient (Wildman–Crippen LogP) is 5.19. The Balaban J connectivity index is 1.81. The fraction of sp³-hybridized carbons (Fsp3) is 0.120. The highest BCUT2D eigenvalue weighted by Gasteiger charge is 2.25. The Morgan fingerprint density at radius 1 is 0.931 bits per heavy atom. The minimum absolute atomic E-state index is 0.273. The summed E-state index contributed by atoms with van der Waals surface area (Å²) in [5.74, 6) is -0.423. The highest BCUT2D eigenvalue weighted by atomic mass is 16.5. The third-order valence-electron chi connectivity index (χ3n) is 4.97. The van der Waals surface area contributed by atoms with Gasteiger partial charge in [-0.15, -0.1) is 0 Å². The molecule has 4 aromatic rings. The number of hydrogen-bond donors (Lipinski definition) is 0. The van der Waals surface area contributed by atoms with Crippen LogP contribution in [0.4, 0.5) is 0 Å². The SMILES string of the molecule is CCOC(=O)c1c(-c2ccc(Cc3ccccc3)cc2)c(C=O)n2ccccc12. The first-order valence-corrected chi connectivity index (χ1v) is 9.61. The highest BCUT2D eigenvalue weighted by Crippen LogP contribution is 2.33. The van der Waals surface area contributed by atoms with Gasteiger partial charge in [0.15, 0.2) is 6.29 Å². The predicted molar refractivity (Wildman–Crippen MR) is 113 cm³/mol. The van der Waals surface area contributed by atoms with Crippen LogP contribution < -0.4 is 0 Å². The maximum atomic E-state index is 12.7. The minimum atomic E-state index is -0.423. The van der Waals surface area contributed by atoms with Crippen molar-refractivity contribution in [2.45, 2.75) is 13.3 Å².